The zero-order valence-corrected chi connectivity index (χ0v) is 8.02. The minimum absolute atomic E-state index is 0.292. The summed E-state index contributed by atoms with van der Waals surface area (Å²) in [7, 11) is 0. The van der Waals surface area contributed by atoms with Crippen molar-refractivity contribution in [1.29, 1.82) is 0 Å². The van der Waals surface area contributed by atoms with Gasteiger partial charge in [0.15, 0.2) is 0 Å². The van der Waals surface area contributed by atoms with Crippen LogP contribution in [0.25, 0.3) is 0 Å². The SMILES string of the molecule is O=C(O)Oc1ccc([N+](=O)[O-])c(OC(=O)O)c1. The molecule has 0 aromatic heterocycles. The Kier molecular flexibility index (Phi) is 3.44. The predicted octanol–water partition coefficient (Wildman–Crippen LogP) is 1.71. The predicted molar refractivity (Wildman–Crippen MR) is 50.4 cm³/mol. The van der Waals surface area contributed by atoms with Crippen molar-refractivity contribution < 1.29 is 34.2 Å². The third kappa shape index (κ3) is 3.34. The van der Waals surface area contributed by atoms with Crippen LogP contribution in [0.3, 0.4) is 0 Å². The van der Waals surface area contributed by atoms with Crippen molar-refractivity contribution >= 4 is 18.0 Å². The minimum atomic E-state index is -1.76. The van der Waals surface area contributed by atoms with Gasteiger partial charge in [-0.25, -0.2) is 9.59 Å². The molecule has 0 aliphatic carbocycles. The molecule has 0 amide bonds. The highest BCUT2D eigenvalue weighted by Crippen LogP contribution is 2.31. The first kappa shape index (κ1) is 12.2. The molecule has 0 saturated heterocycles. The molecular weight excluding hydrogens is 238 g/mol. The van der Waals surface area contributed by atoms with E-state index in [1.165, 1.54) is 0 Å². The van der Waals surface area contributed by atoms with Gasteiger partial charge in [0.2, 0.25) is 5.75 Å². The van der Waals surface area contributed by atoms with Crippen LogP contribution in [0.2, 0.25) is 0 Å². The summed E-state index contributed by atoms with van der Waals surface area (Å²) in [4.78, 5) is 30.1. The summed E-state index contributed by atoms with van der Waals surface area (Å²) in [5.74, 6) is -0.916. The number of nitrogens with zero attached hydrogens (tertiary/aromatic N) is 1. The standard InChI is InChI=1S/C8H5NO8/c10-7(11)16-4-1-2-5(9(14)15)6(3-4)17-8(12)13/h1-3H,(H,10,11)(H,12,13). The largest absolute Gasteiger partial charge is 0.511 e. The summed E-state index contributed by atoms with van der Waals surface area (Å²) in [6.07, 6.45) is -3.40. The van der Waals surface area contributed by atoms with E-state index >= 15 is 0 Å². The normalized spacial score (nSPS) is 9.41. The summed E-state index contributed by atoms with van der Waals surface area (Å²) >= 11 is 0. The first-order valence-electron chi connectivity index (χ1n) is 4.00. The average molecular weight is 243 g/mol. The fourth-order valence-electron chi connectivity index (χ4n) is 0.985. The smallest absolute Gasteiger partial charge is 0.449 e. The van der Waals surface area contributed by atoms with Crippen molar-refractivity contribution in [3.63, 3.8) is 0 Å². The Hall–Kier alpha value is -2.84. The van der Waals surface area contributed by atoms with Gasteiger partial charge in [-0.15, -0.1) is 0 Å². The maximum Gasteiger partial charge on any atom is 0.511 e. The molecule has 0 radical (unpaired) electrons. The summed E-state index contributed by atoms with van der Waals surface area (Å²) < 4.78 is 8.32. The van der Waals surface area contributed by atoms with Crippen LogP contribution in [0.5, 0.6) is 11.5 Å². The summed E-state index contributed by atoms with van der Waals surface area (Å²) in [5.41, 5.74) is -0.620. The van der Waals surface area contributed by atoms with E-state index in [4.69, 9.17) is 10.2 Å². The first-order valence-corrected chi connectivity index (χ1v) is 4.00. The van der Waals surface area contributed by atoms with Crippen LogP contribution in [0.1, 0.15) is 0 Å². The maximum absolute atomic E-state index is 10.5. The Morgan fingerprint density at radius 3 is 2.24 bits per heavy atom. The van der Waals surface area contributed by atoms with Crippen LogP contribution < -0.4 is 9.47 Å². The van der Waals surface area contributed by atoms with Crippen molar-refractivity contribution in [1.82, 2.24) is 0 Å². The fourth-order valence-corrected chi connectivity index (χ4v) is 0.985. The molecule has 0 unspecified atom stereocenters. The molecule has 0 heterocycles. The number of rotatable bonds is 3. The second kappa shape index (κ2) is 4.79. The summed E-state index contributed by atoms with van der Waals surface area (Å²) in [6.45, 7) is 0. The molecule has 1 aromatic rings. The van der Waals surface area contributed by atoms with E-state index in [9.17, 15) is 19.7 Å². The van der Waals surface area contributed by atoms with Crippen molar-refractivity contribution in [2.24, 2.45) is 0 Å². The third-order valence-corrected chi connectivity index (χ3v) is 1.53. The fraction of sp³-hybridized carbons (Fsp3) is 0. The lowest BCUT2D eigenvalue weighted by Gasteiger charge is -2.03. The average Bonchev–Trinajstić information content (AvgIpc) is 2.15. The molecule has 2 N–H and O–H groups in total. The Bertz CT molecular complexity index is 482. The number of ether oxygens (including phenoxy) is 2. The number of hydrogen-bond acceptors (Lipinski definition) is 6. The second-order valence-electron chi connectivity index (χ2n) is 2.62. The molecular formula is C8H5NO8. The number of benzene rings is 1. The molecule has 0 atom stereocenters. The number of nitro groups is 1. The van der Waals surface area contributed by atoms with Crippen molar-refractivity contribution in [3.05, 3.63) is 28.3 Å². The first-order chi connectivity index (χ1) is 7.90. The molecule has 0 fully saturated rings. The van der Waals surface area contributed by atoms with E-state index in [2.05, 4.69) is 9.47 Å². The topological polar surface area (TPSA) is 136 Å². The zero-order chi connectivity index (χ0) is 13.0. The van der Waals surface area contributed by atoms with Gasteiger partial charge in [0.05, 0.1) is 4.92 Å². The molecule has 17 heavy (non-hydrogen) atoms. The van der Waals surface area contributed by atoms with Gasteiger partial charge >= 0.3 is 18.0 Å². The molecule has 0 spiro atoms. The van der Waals surface area contributed by atoms with E-state index in [0.717, 1.165) is 18.2 Å². The number of carbonyl (C=O) groups is 2. The molecule has 1 aromatic carbocycles. The van der Waals surface area contributed by atoms with Gasteiger partial charge in [-0.1, -0.05) is 0 Å². The number of nitro benzene ring substituents is 1. The second-order valence-corrected chi connectivity index (χ2v) is 2.62. The Labute approximate surface area is 93.0 Å². The van der Waals surface area contributed by atoms with Gasteiger partial charge in [-0.05, 0) is 6.07 Å². The highest BCUT2D eigenvalue weighted by molar-refractivity contribution is 5.67. The quantitative estimate of drug-likeness (QED) is 0.354. The van der Waals surface area contributed by atoms with E-state index in [0.29, 0.717) is 0 Å². The van der Waals surface area contributed by atoms with Crippen molar-refractivity contribution in [2.45, 2.75) is 0 Å². The van der Waals surface area contributed by atoms with Gasteiger partial charge in [0.25, 0.3) is 0 Å². The molecule has 9 heteroatoms. The lowest BCUT2D eigenvalue weighted by Crippen LogP contribution is -2.07. The Morgan fingerprint density at radius 1 is 1.18 bits per heavy atom. The van der Waals surface area contributed by atoms with Crippen LogP contribution in [-0.4, -0.2) is 27.4 Å². The molecule has 1 rings (SSSR count). The number of hydrogen-bond donors (Lipinski definition) is 2. The van der Waals surface area contributed by atoms with E-state index < -0.39 is 28.7 Å². The van der Waals surface area contributed by atoms with Gasteiger partial charge in [0.1, 0.15) is 5.75 Å². The van der Waals surface area contributed by atoms with Crippen LogP contribution in [-0.2, 0) is 0 Å². The molecule has 9 nitrogen and oxygen atoms in total. The summed E-state index contributed by atoms with van der Waals surface area (Å²) in [5, 5.41) is 27.2. The lowest BCUT2D eigenvalue weighted by atomic mass is 10.3. The molecule has 0 aliphatic heterocycles. The molecule has 0 bridgehead atoms. The highest BCUT2D eigenvalue weighted by Gasteiger charge is 2.19. The molecule has 0 saturated carbocycles. The Morgan fingerprint density at radius 2 is 1.76 bits per heavy atom. The van der Waals surface area contributed by atoms with E-state index in [1.807, 2.05) is 0 Å². The van der Waals surface area contributed by atoms with Gasteiger partial charge in [-0.2, -0.15) is 0 Å². The maximum atomic E-state index is 10.5. The third-order valence-electron chi connectivity index (χ3n) is 1.53. The minimum Gasteiger partial charge on any atom is -0.449 e. The van der Waals surface area contributed by atoms with Crippen LogP contribution >= 0.6 is 0 Å². The molecule has 0 aliphatic rings. The monoisotopic (exact) mass is 243 g/mol. The highest BCUT2D eigenvalue weighted by atomic mass is 16.7. The van der Waals surface area contributed by atoms with Crippen LogP contribution in [0.4, 0.5) is 15.3 Å². The van der Waals surface area contributed by atoms with Gasteiger partial charge in [0, 0.05) is 12.1 Å². The molecule has 90 valence electrons. The van der Waals surface area contributed by atoms with Gasteiger partial charge < -0.3 is 19.7 Å². The summed E-state index contributed by atoms with van der Waals surface area (Å²) in [6, 6.07) is 2.66. The van der Waals surface area contributed by atoms with E-state index in [1.54, 1.807) is 0 Å². The van der Waals surface area contributed by atoms with Gasteiger partial charge in [-0.3, -0.25) is 10.1 Å². The lowest BCUT2D eigenvalue weighted by molar-refractivity contribution is -0.385. The number of carboxylic acid groups (broad SMARTS) is 2. The van der Waals surface area contributed by atoms with Crippen LogP contribution in [0, 0.1) is 10.1 Å². The Balaban J connectivity index is 3.13. The van der Waals surface area contributed by atoms with Crippen LogP contribution in [0.15, 0.2) is 18.2 Å². The van der Waals surface area contributed by atoms with Crippen molar-refractivity contribution in [3.8, 4) is 11.5 Å². The van der Waals surface area contributed by atoms with Crippen molar-refractivity contribution in [2.75, 3.05) is 0 Å². The zero-order valence-electron chi connectivity index (χ0n) is 8.02. The van der Waals surface area contributed by atoms with E-state index in [-0.39, 0.29) is 5.75 Å².